The number of amides is 1. The van der Waals surface area contributed by atoms with Crippen molar-refractivity contribution in [3.05, 3.63) is 22.4 Å². The number of methoxy groups -OCH3 is 2. The van der Waals surface area contributed by atoms with E-state index in [1.165, 1.54) is 7.11 Å². The van der Waals surface area contributed by atoms with Crippen LogP contribution in [0.3, 0.4) is 0 Å². The van der Waals surface area contributed by atoms with Crippen LogP contribution >= 0.6 is 11.8 Å². The fraction of sp³-hybridized carbons (Fsp3) is 0.778. The molecular formula is C27H39F2NO4S. The van der Waals surface area contributed by atoms with Crippen LogP contribution in [0.2, 0.25) is 0 Å². The molecule has 196 valence electrons. The van der Waals surface area contributed by atoms with Crippen molar-refractivity contribution in [2.45, 2.75) is 107 Å². The number of ether oxygens (including phenoxy) is 2. The van der Waals surface area contributed by atoms with E-state index in [1.807, 2.05) is 4.90 Å². The Hall–Kier alpha value is -1.41. The van der Waals surface area contributed by atoms with Crippen molar-refractivity contribution < 1.29 is 27.8 Å². The van der Waals surface area contributed by atoms with Crippen molar-refractivity contribution in [2.75, 3.05) is 14.2 Å². The number of hydrogen-bond acceptors (Lipinski definition) is 5. The Labute approximate surface area is 212 Å². The van der Waals surface area contributed by atoms with E-state index < -0.39 is 29.3 Å². The van der Waals surface area contributed by atoms with E-state index in [-0.39, 0.29) is 42.4 Å². The highest BCUT2D eigenvalue weighted by Gasteiger charge is 2.47. The number of rotatable bonds is 6. The number of allylic oxidation sites excluding steroid dienone is 2. The van der Waals surface area contributed by atoms with Gasteiger partial charge in [-0.15, -0.1) is 11.8 Å². The Kier molecular flexibility index (Phi) is 8.95. The summed E-state index contributed by atoms with van der Waals surface area (Å²) in [6, 6.07) is -0.610. The van der Waals surface area contributed by atoms with E-state index in [0.717, 1.165) is 63.1 Å². The summed E-state index contributed by atoms with van der Waals surface area (Å²) in [4.78, 5) is 29.3. The number of nitrogens with zero attached hydrogens (tertiary/aromatic N) is 1. The van der Waals surface area contributed by atoms with E-state index >= 15 is 0 Å². The van der Waals surface area contributed by atoms with Gasteiger partial charge >= 0.3 is 5.97 Å². The van der Waals surface area contributed by atoms with Crippen molar-refractivity contribution in [3.63, 3.8) is 0 Å². The second-order valence-corrected chi connectivity index (χ2v) is 11.8. The fourth-order valence-corrected chi connectivity index (χ4v) is 7.59. The predicted octanol–water partition coefficient (Wildman–Crippen LogP) is 5.89. The monoisotopic (exact) mass is 511 g/mol. The summed E-state index contributed by atoms with van der Waals surface area (Å²) in [6.07, 6.45) is 8.52. The summed E-state index contributed by atoms with van der Waals surface area (Å²) in [5.41, 5.74) is 0.0691. The van der Waals surface area contributed by atoms with Crippen molar-refractivity contribution in [1.82, 2.24) is 4.90 Å². The standard InChI is InChI=1S/C27H39F2NO4S/c1-16-7-9-17(10-8-16)26(31)30(18-11-13-19(33-2)14-12-18)22-15-23(35-25(22)27(32)34-3)24-20(28)5-4-6-21(24)29/h15-20,22,25H,4-14H2,1-3H3. The van der Waals surface area contributed by atoms with Crippen LogP contribution in [0.4, 0.5) is 8.78 Å². The highest BCUT2D eigenvalue weighted by molar-refractivity contribution is 8.04. The molecule has 4 aliphatic rings. The maximum Gasteiger partial charge on any atom is 0.321 e. The molecule has 0 aromatic heterocycles. The minimum atomic E-state index is -1.39. The van der Waals surface area contributed by atoms with Crippen LogP contribution in [0.1, 0.15) is 77.6 Å². The molecule has 0 radical (unpaired) electrons. The topological polar surface area (TPSA) is 55.8 Å². The van der Waals surface area contributed by atoms with Gasteiger partial charge < -0.3 is 14.4 Å². The number of halogens is 2. The van der Waals surface area contributed by atoms with Gasteiger partial charge in [-0.3, -0.25) is 9.59 Å². The van der Waals surface area contributed by atoms with E-state index in [4.69, 9.17) is 9.47 Å². The quantitative estimate of drug-likeness (QED) is 0.417. The van der Waals surface area contributed by atoms with E-state index in [2.05, 4.69) is 6.92 Å². The Morgan fingerprint density at radius 3 is 2.31 bits per heavy atom. The third kappa shape index (κ3) is 5.79. The Morgan fingerprint density at radius 2 is 1.71 bits per heavy atom. The summed E-state index contributed by atoms with van der Waals surface area (Å²) in [6.45, 7) is 2.22. The van der Waals surface area contributed by atoms with Gasteiger partial charge in [-0.05, 0) is 82.6 Å². The van der Waals surface area contributed by atoms with Gasteiger partial charge in [0.05, 0.1) is 19.3 Å². The van der Waals surface area contributed by atoms with E-state index in [9.17, 15) is 18.4 Å². The molecule has 1 heterocycles. The highest BCUT2D eigenvalue weighted by atomic mass is 32.2. The first-order valence-corrected chi connectivity index (χ1v) is 14.1. The zero-order valence-corrected chi connectivity index (χ0v) is 22.0. The average Bonchev–Trinajstić information content (AvgIpc) is 3.28. The molecule has 1 amide bonds. The number of hydrogen-bond donors (Lipinski definition) is 0. The second kappa shape index (κ2) is 11.8. The smallest absolute Gasteiger partial charge is 0.321 e. The summed E-state index contributed by atoms with van der Waals surface area (Å²) in [7, 11) is 3.04. The second-order valence-electron chi connectivity index (χ2n) is 10.6. The summed E-state index contributed by atoms with van der Waals surface area (Å²) in [5.74, 6) is -0.286. The van der Waals surface area contributed by atoms with Gasteiger partial charge in [-0.1, -0.05) is 6.92 Å². The van der Waals surface area contributed by atoms with Gasteiger partial charge in [-0.2, -0.15) is 0 Å². The molecule has 0 saturated heterocycles. The van der Waals surface area contributed by atoms with Crippen LogP contribution in [0.5, 0.6) is 0 Å². The molecule has 4 rings (SSSR count). The molecule has 0 aromatic carbocycles. The van der Waals surface area contributed by atoms with Gasteiger partial charge in [-0.25, -0.2) is 8.78 Å². The number of carbonyl (C=O) groups excluding carboxylic acids is 2. The van der Waals surface area contributed by atoms with Crippen LogP contribution in [-0.2, 0) is 19.1 Å². The maximum atomic E-state index is 14.8. The predicted molar refractivity (Wildman–Crippen MR) is 133 cm³/mol. The molecule has 2 fully saturated rings. The maximum absolute atomic E-state index is 14.8. The lowest BCUT2D eigenvalue weighted by Crippen LogP contribution is -2.54. The van der Waals surface area contributed by atoms with Crippen molar-refractivity contribution in [2.24, 2.45) is 11.8 Å². The molecule has 0 bridgehead atoms. The highest BCUT2D eigenvalue weighted by Crippen LogP contribution is 2.47. The van der Waals surface area contributed by atoms with Gasteiger partial charge in [0, 0.05) is 29.5 Å². The molecule has 3 unspecified atom stereocenters. The first-order chi connectivity index (χ1) is 16.8. The molecule has 0 N–H and O–H groups in total. The van der Waals surface area contributed by atoms with Gasteiger partial charge in [0.25, 0.3) is 0 Å². The van der Waals surface area contributed by atoms with Crippen LogP contribution in [0, 0.1) is 11.8 Å². The Bertz CT molecular complexity index is 846. The lowest BCUT2D eigenvalue weighted by atomic mass is 9.81. The number of esters is 1. The van der Waals surface area contributed by atoms with Crippen LogP contribution in [0.25, 0.3) is 0 Å². The van der Waals surface area contributed by atoms with E-state index in [1.54, 1.807) is 13.2 Å². The SMILES string of the molecule is COC(=O)C1SC(C2=C(F)CCCC2F)=CC1N(C(=O)C1CCC(C)CC1)C1CCC(OC)CC1. The molecular weight excluding hydrogens is 472 g/mol. The Morgan fingerprint density at radius 1 is 1.03 bits per heavy atom. The number of carbonyl (C=O) groups is 2. The van der Waals surface area contributed by atoms with Crippen LogP contribution in [-0.4, -0.2) is 60.6 Å². The summed E-state index contributed by atoms with van der Waals surface area (Å²) in [5, 5.41) is -0.726. The van der Waals surface area contributed by atoms with Crippen molar-refractivity contribution >= 4 is 23.6 Å². The van der Waals surface area contributed by atoms with Crippen molar-refractivity contribution in [3.8, 4) is 0 Å². The van der Waals surface area contributed by atoms with Gasteiger partial charge in [0.15, 0.2) is 0 Å². The lowest BCUT2D eigenvalue weighted by Gasteiger charge is -2.43. The molecule has 3 aliphatic carbocycles. The molecule has 0 spiro atoms. The van der Waals surface area contributed by atoms with Gasteiger partial charge in [0.2, 0.25) is 5.91 Å². The summed E-state index contributed by atoms with van der Waals surface area (Å²) < 4.78 is 40.3. The van der Waals surface area contributed by atoms with Gasteiger partial charge in [0.1, 0.15) is 17.2 Å². The minimum Gasteiger partial charge on any atom is -0.468 e. The number of thioether (sulfide) groups is 1. The lowest BCUT2D eigenvalue weighted by molar-refractivity contribution is -0.146. The molecule has 0 aromatic rings. The molecule has 5 nitrogen and oxygen atoms in total. The summed E-state index contributed by atoms with van der Waals surface area (Å²) >= 11 is 1.16. The molecule has 2 saturated carbocycles. The zero-order chi connectivity index (χ0) is 25.1. The van der Waals surface area contributed by atoms with Crippen molar-refractivity contribution in [1.29, 1.82) is 0 Å². The largest absolute Gasteiger partial charge is 0.468 e. The molecule has 35 heavy (non-hydrogen) atoms. The minimum absolute atomic E-state index is 0.0343. The third-order valence-electron chi connectivity index (χ3n) is 8.36. The number of alkyl halides is 1. The average molecular weight is 512 g/mol. The molecule has 3 atom stereocenters. The zero-order valence-electron chi connectivity index (χ0n) is 21.1. The molecule has 8 heteroatoms. The Balaban J connectivity index is 1.68. The first kappa shape index (κ1) is 26.6. The first-order valence-electron chi connectivity index (χ1n) is 13.2. The molecule has 1 aliphatic heterocycles. The third-order valence-corrected chi connectivity index (χ3v) is 9.69. The van der Waals surface area contributed by atoms with Crippen LogP contribution in [0.15, 0.2) is 22.4 Å². The normalized spacial score (nSPS) is 36.0. The van der Waals surface area contributed by atoms with E-state index in [0.29, 0.717) is 17.2 Å². The van der Waals surface area contributed by atoms with Crippen LogP contribution < -0.4 is 0 Å². The fourth-order valence-electron chi connectivity index (χ4n) is 6.19.